The van der Waals surface area contributed by atoms with Crippen molar-refractivity contribution in [3.05, 3.63) is 86.0 Å². The highest BCUT2D eigenvalue weighted by atomic mass is 32.1. The molecule has 1 N–H and O–H groups in total. The van der Waals surface area contributed by atoms with Crippen molar-refractivity contribution in [2.75, 3.05) is 0 Å². The molecule has 0 aliphatic carbocycles. The van der Waals surface area contributed by atoms with Crippen LogP contribution in [0, 0.1) is 0 Å². The second-order valence-electron chi connectivity index (χ2n) is 6.09. The molecule has 0 spiro atoms. The Labute approximate surface area is 156 Å². The third-order valence-corrected chi connectivity index (χ3v) is 5.09. The first-order chi connectivity index (χ1) is 12.6. The van der Waals surface area contributed by atoms with Crippen molar-refractivity contribution in [3.8, 4) is 0 Å². The minimum Gasteiger partial charge on any atom is -0.339 e. The molecule has 0 radical (unpaired) electrons. The maximum absolute atomic E-state index is 12.7. The van der Waals surface area contributed by atoms with E-state index < -0.39 is 0 Å². The molecular formula is C20H21N3O2S. The summed E-state index contributed by atoms with van der Waals surface area (Å²) < 4.78 is 1.16. The number of hydrogen-bond donors (Lipinski definition) is 1. The molecule has 6 heteroatoms. The molecule has 0 saturated carbocycles. The highest BCUT2D eigenvalue weighted by Gasteiger charge is 2.20. The average Bonchev–Trinajstić information content (AvgIpc) is 3.17. The first kappa shape index (κ1) is 18.1. The molecule has 0 saturated heterocycles. The fourth-order valence-electron chi connectivity index (χ4n) is 2.77. The van der Waals surface area contributed by atoms with E-state index in [-0.39, 0.29) is 23.2 Å². The quantitative estimate of drug-likeness (QED) is 0.727. The molecular weight excluding hydrogens is 346 g/mol. The Bertz CT molecular complexity index is 930. The predicted octanol–water partition coefficient (Wildman–Crippen LogP) is 3.31. The number of hydrogen-bond acceptors (Lipinski definition) is 4. The number of rotatable bonds is 6. The van der Waals surface area contributed by atoms with E-state index in [1.807, 2.05) is 17.5 Å². The number of aromatic nitrogens is 2. The molecule has 5 nitrogen and oxygen atoms in total. The van der Waals surface area contributed by atoms with Crippen LogP contribution in [0.2, 0.25) is 0 Å². The summed E-state index contributed by atoms with van der Waals surface area (Å²) in [6, 6.07) is 14.9. The molecule has 3 rings (SSSR count). The van der Waals surface area contributed by atoms with Crippen molar-refractivity contribution in [2.24, 2.45) is 7.05 Å². The smallest absolute Gasteiger partial charge is 0.272 e. The normalized spacial score (nSPS) is 11.9. The van der Waals surface area contributed by atoms with E-state index in [1.165, 1.54) is 24.7 Å². The summed E-state index contributed by atoms with van der Waals surface area (Å²) in [5.74, 6) is -0.309. The third-order valence-electron chi connectivity index (χ3n) is 4.15. The van der Waals surface area contributed by atoms with Gasteiger partial charge in [0.2, 0.25) is 0 Å². The highest BCUT2D eigenvalue weighted by Crippen LogP contribution is 2.26. The predicted molar refractivity (Wildman–Crippen MR) is 104 cm³/mol. The minimum absolute atomic E-state index is 0.219. The van der Waals surface area contributed by atoms with Gasteiger partial charge in [-0.3, -0.25) is 9.59 Å². The molecule has 0 fully saturated rings. The Morgan fingerprint density at radius 2 is 1.96 bits per heavy atom. The van der Waals surface area contributed by atoms with E-state index in [4.69, 9.17) is 0 Å². The van der Waals surface area contributed by atoms with Gasteiger partial charge in [0.15, 0.2) is 0 Å². The molecule has 3 aromatic rings. The summed E-state index contributed by atoms with van der Waals surface area (Å²) in [6.07, 6.45) is 2.14. The van der Waals surface area contributed by atoms with Crippen LogP contribution in [0.1, 0.15) is 45.9 Å². The molecule has 1 unspecified atom stereocenters. The van der Waals surface area contributed by atoms with Crippen molar-refractivity contribution in [1.82, 2.24) is 15.1 Å². The van der Waals surface area contributed by atoms with Crippen LogP contribution in [0.5, 0.6) is 0 Å². The minimum atomic E-state index is -0.309. The molecule has 1 amide bonds. The SMILES string of the molecule is CCCc1ccc(C(NC(=O)c2ccc(=O)n(C)n2)c2cccs2)cc1. The summed E-state index contributed by atoms with van der Waals surface area (Å²) in [4.78, 5) is 25.2. The Hall–Kier alpha value is -2.73. The summed E-state index contributed by atoms with van der Waals surface area (Å²) in [7, 11) is 1.53. The van der Waals surface area contributed by atoms with Crippen molar-refractivity contribution in [2.45, 2.75) is 25.8 Å². The van der Waals surface area contributed by atoms with Crippen molar-refractivity contribution in [3.63, 3.8) is 0 Å². The van der Waals surface area contributed by atoms with Crippen LogP contribution in [0.4, 0.5) is 0 Å². The van der Waals surface area contributed by atoms with Gasteiger partial charge in [-0.2, -0.15) is 5.10 Å². The molecule has 26 heavy (non-hydrogen) atoms. The first-order valence-electron chi connectivity index (χ1n) is 8.56. The number of benzene rings is 1. The van der Waals surface area contributed by atoms with Gasteiger partial charge in [-0.15, -0.1) is 11.3 Å². The Morgan fingerprint density at radius 1 is 1.19 bits per heavy atom. The number of nitrogens with one attached hydrogen (secondary N) is 1. The van der Waals surface area contributed by atoms with Gasteiger partial charge in [0, 0.05) is 18.0 Å². The van der Waals surface area contributed by atoms with Crippen molar-refractivity contribution < 1.29 is 4.79 Å². The number of carbonyl (C=O) groups excluding carboxylic acids is 1. The lowest BCUT2D eigenvalue weighted by Crippen LogP contribution is -2.31. The van der Waals surface area contributed by atoms with E-state index in [9.17, 15) is 9.59 Å². The van der Waals surface area contributed by atoms with Gasteiger partial charge in [-0.25, -0.2) is 4.68 Å². The fourth-order valence-corrected chi connectivity index (χ4v) is 3.57. The zero-order valence-corrected chi connectivity index (χ0v) is 15.6. The molecule has 134 valence electrons. The summed E-state index contributed by atoms with van der Waals surface area (Å²) in [6.45, 7) is 2.16. The third kappa shape index (κ3) is 4.08. The Morgan fingerprint density at radius 3 is 2.58 bits per heavy atom. The second-order valence-corrected chi connectivity index (χ2v) is 7.07. The second kappa shape index (κ2) is 8.10. The molecule has 2 heterocycles. The van der Waals surface area contributed by atoms with E-state index in [0.29, 0.717) is 0 Å². The van der Waals surface area contributed by atoms with Crippen LogP contribution in [0.25, 0.3) is 0 Å². The van der Waals surface area contributed by atoms with Gasteiger partial charge in [-0.1, -0.05) is 43.7 Å². The molecule has 0 aliphatic rings. The van der Waals surface area contributed by atoms with E-state index in [1.54, 1.807) is 11.3 Å². The fraction of sp³-hybridized carbons (Fsp3) is 0.250. The van der Waals surface area contributed by atoms with Gasteiger partial charge in [-0.05, 0) is 35.1 Å². The zero-order valence-electron chi connectivity index (χ0n) is 14.8. The maximum Gasteiger partial charge on any atom is 0.272 e. The van der Waals surface area contributed by atoms with Crippen LogP contribution < -0.4 is 10.9 Å². The Kier molecular flexibility index (Phi) is 5.63. The zero-order chi connectivity index (χ0) is 18.5. The first-order valence-corrected chi connectivity index (χ1v) is 9.44. The van der Waals surface area contributed by atoms with Gasteiger partial charge >= 0.3 is 0 Å². The van der Waals surface area contributed by atoms with Crippen LogP contribution in [0.3, 0.4) is 0 Å². The average molecular weight is 367 g/mol. The van der Waals surface area contributed by atoms with Crippen LogP contribution in [-0.2, 0) is 13.5 Å². The van der Waals surface area contributed by atoms with Gasteiger partial charge in [0.05, 0.1) is 6.04 Å². The lowest BCUT2D eigenvalue weighted by Gasteiger charge is -2.18. The summed E-state index contributed by atoms with van der Waals surface area (Å²) >= 11 is 1.59. The molecule has 1 atom stereocenters. The lowest BCUT2D eigenvalue weighted by molar-refractivity contribution is 0.0936. The van der Waals surface area contributed by atoms with Crippen LogP contribution >= 0.6 is 11.3 Å². The van der Waals surface area contributed by atoms with E-state index in [2.05, 4.69) is 41.6 Å². The topological polar surface area (TPSA) is 64.0 Å². The van der Waals surface area contributed by atoms with E-state index in [0.717, 1.165) is 28.0 Å². The Balaban J connectivity index is 1.88. The van der Waals surface area contributed by atoms with Crippen molar-refractivity contribution >= 4 is 17.2 Å². The highest BCUT2D eigenvalue weighted by molar-refractivity contribution is 7.10. The van der Waals surface area contributed by atoms with Crippen LogP contribution in [0.15, 0.2) is 58.7 Å². The lowest BCUT2D eigenvalue weighted by atomic mass is 10.0. The molecule has 0 bridgehead atoms. The number of nitrogens with zero attached hydrogens (tertiary/aromatic N) is 2. The van der Waals surface area contributed by atoms with Gasteiger partial charge < -0.3 is 5.32 Å². The maximum atomic E-state index is 12.7. The molecule has 0 aliphatic heterocycles. The van der Waals surface area contributed by atoms with Gasteiger partial charge in [0.25, 0.3) is 11.5 Å². The largest absolute Gasteiger partial charge is 0.339 e. The van der Waals surface area contributed by atoms with Crippen molar-refractivity contribution in [1.29, 1.82) is 0 Å². The van der Waals surface area contributed by atoms with Gasteiger partial charge in [0.1, 0.15) is 5.69 Å². The monoisotopic (exact) mass is 367 g/mol. The summed E-state index contributed by atoms with van der Waals surface area (Å²) in [5, 5.41) is 9.07. The number of carbonyl (C=O) groups is 1. The van der Waals surface area contributed by atoms with E-state index >= 15 is 0 Å². The number of aryl methyl sites for hydroxylation is 2. The number of amides is 1. The molecule has 2 aromatic heterocycles. The summed E-state index contributed by atoms with van der Waals surface area (Å²) in [5.41, 5.74) is 2.27. The number of thiophene rings is 1. The van der Waals surface area contributed by atoms with Crippen LogP contribution in [-0.4, -0.2) is 15.7 Å². The molecule has 1 aromatic carbocycles. The standard InChI is InChI=1S/C20H21N3O2S/c1-3-5-14-7-9-15(10-8-14)19(17-6-4-13-26-17)21-20(25)16-11-12-18(24)23(2)22-16/h4,6-13,19H,3,5H2,1-2H3,(H,21,25).